The summed E-state index contributed by atoms with van der Waals surface area (Å²) in [6, 6.07) is -0.713. The summed E-state index contributed by atoms with van der Waals surface area (Å²) in [6.45, 7) is 0.707. The Morgan fingerprint density at radius 3 is 2.26 bits per heavy atom. The van der Waals surface area contributed by atoms with Crippen LogP contribution in [0.2, 0.25) is 0 Å². The smallest absolute Gasteiger partial charge is 0.343 e. The van der Waals surface area contributed by atoms with E-state index in [-0.39, 0.29) is 31.0 Å². The number of alkyl halides is 5. The molecule has 1 saturated heterocycles. The highest BCUT2D eigenvalue weighted by atomic mass is 19.4. The first-order valence-corrected chi connectivity index (χ1v) is 10.7. The molecule has 1 aromatic carbocycles. The molecular formula is C22H15F8N5O3. The number of pyridine rings is 2. The second kappa shape index (κ2) is 9.25. The molecule has 4 rings (SSSR count). The SMILES string of the molecule is CC(NC(=O)c1cn(-c2c(F)cc(F)cc2F)c2nc(N3CCNC3=O)ccc2c1=O)C(F)(F)C(F)(F)F. The van der Waals surface area contributed by atoms with Crippen molar-refractivity contribution in [1.82, 2.24) is 20.2 Å². The lowest BCUT2D eigenvalue weighted by atomic mass is 10.1. The predicted molar refractivity (Wildman–Crippen MR) is 116 cm³/mol. The number of hydrogen-bond donors (Lipinski definition) is 2. The number of benzene rings is 1. The van der Waals surface area contributed by atoms with Gasteiger partial charge < -0.3 is 10.6 Å². The van der Waals surface area contributed by atoms with Crippen molar-refractivity contribution in [1.29, 1.82) is 0 Å². The van der Waals surface area contributed by atoms with E-state index < -0.39 is 75.2 Å². The maximum atomic E-state index is 14.7. The number of anilines is 1. The molecule has 1 aliphatic heterocycles. The summed E-state index contributed by atoms with van der Waals surface area (Å²) in [5, 5.41) is 3.35. The fraction of sp³-hybridized carbons (Fsp3) is 0.273. The van der Waals surface area contributed by atoms with E-state index in [1.165, 1.54) is 5.32 Å². The van der Waals surface area contributed by atoms with Gasteiger partial charge in [-0.05, 0) is 19.1 Å². The topological polar surface area (TPSA) is 96.3 Å². The maximum absolute atomic E-state index is 14.7. The van der Waals surface area contributed by atoms with Gasteiger partial charge in [0.05, 0.1) is 11.4 Å². The lowest BCUT2D eigenvalue weighted by Crippen LogP contribution is -2.54. The second-order valence-electron chi connectivity index (χ2n) is 8.20. The van der Waals surface area contributed by atoms with Crippen molar-refractivity contribution in [2.45, 2.75) is 25.1 Å². The van der Waals surface area contributed by atoms with Crippen LogP contribution in [0.3, 0.4) is 0 Å². The summed E-state index contributed by atoms with van der Waals surface area (Å²) >= 11 is 0. The Bertz CT molecular complexity index is 1500. The van der Waals surface area contributed by atoms with E-state index >= 15 is 0 Å². The fourth-order valence-corrected chi connectivity index (χ4v) is 3.74. The Morgan fingerprint density at radius 2 is 1.71 bits per heavy atom. The van der Waals surface area contributed by atoms with E-state index in [1.807, 2.05) is 0 Å². The van der Waals surface area contributed by atoms with E-state index in [0.717, 1.165) is 17.0 Å². The van der Waals surface area contributed by atoms with Crippen LogP contribution >= 0.6 is 0 Å². The molecule has 1 fully saturated rings. The van der Waals surface area contributed by atoms with Crippen molar-refractivity contribution in [2.24, 2.45) is 0 Å². The molecule has 1 aliphatic rings. The third-order valence-electron chi connectivity index (χ3n) is 5.71. The minimum absolute atomic E-state index is 0.0841. The molecule has 0 saturated carbocycles. The predicted octanol–water partition coefficient (Wildman–Crippen LogP) is 3.65. The molecule has 2 N–H and O–H groups in total. The Hall–Kier alpha value is -4.24. The zero-order chi connectivity index (χ0) is 28.2. The van der Waals surface area contributed by atoms with Gasteiger partial charge in [-0.3, -0.25) is 19.1 Å². The van der Waals surface area contributed by atoms with Crippen molar-refractivity contribution in [2.75, 3.05) is 18.0 Å². The van der Waals surface area contributed by atoms with E-state index in [2.05, 4.69) is 10.3 Å². The first-order valence-electron chi connectivity index (χ1n) is 10.7. The quantitative estimate of drug-likeness (QED) is 0.475. The molecule has 8 nitrogen and oxygen atoms in total. The summed E-state index contributed by atoms with van der Waals surface area (Å²) < 4.78 is 109. The van der Waals surface area contributed by atoms with Crippen LogP contribution in [0.5, 0.6) is 0 Å². The minimum Gasteiger partial charge on any atom is -0.343 e. The van der Waals surface area contributed by atoms with Crippen LogP contribution in [-0.2, 0) is 0 Å². The number of urea groups is 1. The molecule has 202 valence electrons. The van der Waals surface area contributed by atoms with Crippen LogP contribution in [-0.4, -0.2) is 52.7 Å². The maximum Gasteiger partial charge on any atom is 0.455 e. The Morgan fingerprint density at radius 1 is 1.08 bits per heavy atom. The van der Waals surface area contributed by atoms with E-state index in [1.54, 1.807) is 0 Å². The highest BCUT2D eigenvalue weighted by molar-refractivity contribution is 5.98. The Labute approximate surface area is 206 Å². The fourth-order valence-electron chi connectivity index (χ4n) is 3.74. The average molecular weight is 549 g/mol. The molecule has 1 unspecified atom stereocenters. The van der Waals surface area contributed by atoms with E-state index in [4.69, 9.17) is 0 Å². The standard InChI is InChI=1S/C22H15F8N5O3/c1-9(21(26,27)22(28,29)30)32-19(37)12-8-35(16-13(24)6-10(23)7-14(16)25)18-11(17(12)36)2-3-15(33-18)34-5-4-31-20(34)38/h2-3,6-9H,4-5H2,1H3,(H,31,38)(H,32,37). The van der Waals surface area contributed by atoms with Crippen molar-refractivity contribution in [3.63, 3.8) is 0 Å². The van der Waals surface area contributed by atoms with Gasteiger partial charge in [-0.2, -0.15) is 22.0 Å². The van der Waals surface area contributed by atoms with Gasteiger partial charge in [0.1, 0.15) is 22.9 Å². The lowest BCUT2D eigenvalue weighted by Gasteiger charge is -2.26. The number of halogens is 8. The number of nitrogens with zero attached hydrogens (tertiary/aromatic N) is 3. The first kappa shape index (κ1) is 26.8. The number of hydrogen-bond acceptors (Lipinski definition) is 4. The molecule has 3 aromatic rings. The van der Waals surface area contributed by atoms with Crippen molar-refractivity contribution >= 4 is 28.8 Å². The van der Waals surface area contributed by atoms with Gasteiger partial charge in [0, 0.05) is 31.4 Å². The zero-order valence-corrected chi connectivity index (χ0v) is 19.0. The number of carbonyl (C=O) groups excluding carboxylic acids is 2. The van der Waals surface area contributed by atoms with Gasteiger partial charge >= 0.3 is 18.1 Å². The van der Waals surface area contributed by atoms with Crippen molar-refractivity contribution < 1.29 is 44.7 Å². The minimum atomic E-state index is -6.04. The van der Waals surface area contributed by atoms with Crippen molar-refractivity contribution in [3.05, 3.63) is 63.7 Å². The normalized spacial score (nSPS) is 15.1. The third-order valence-corrected chi connectivity index (χ3v) is 5.71. The van der Waals surface area contributed by atoms with Crippen molar-refractivity contribution in [3.8, 4) is 5.69 Å². The van der Waals surface area contributed by atoms with Crippen LogP contribution < -0.4 is 21.0 Å². The van der Waals surface area contributed by atoms with Gasteiger partial charge in [0.15, 0.2) is 17.3 Å². The molecule has 0 aliphatic carbocycles. The largest absolute Gasteiger partial charge is 0.455 e. The summed E-state index contributed by atoms with van der Waals surface area (Å²) in [5.74, 6) is -11.6. The van der Waals surface area contributed by atoms with Crippen LogP contribution in [0.25, 0.3) is 16.7 Å². The summed E-state index contributed by atoms with van der Waals surface area (Å²) in [6.07, 6.45) is -5.56. The molecule has 3 heterocycles. The molecule has 3 amide bonds. The monoisotopic (exact) mass is 549 g/mol. The number of aromatic nitrogens is 2. The highest BCUT2D eigenvalue weighted by Crippen LogP contribution is 2.38. The number of amides is 3. The molecule has 0 spiro atoms. The number of nitrogens with one attached hydrogen (secondary N) is 2. The molecule has 38 heavy (non-hydrogen) atoms. The van der Waals surface area contributed by atoms with Crippen LogP contribution in [0.15, 0.2) is 35.3 Å². The van der Waals surface area contributed by atoms with E-state index in [9.17, 15) is 49.5 Å². The molecule has 1 atom stereocenters. The third kappa shape index (κ3) is 4.50. The summed E-state index contributed by atoms with van der Waals surface area (Å²) in [7, 11) is 0. The van der Waals surface area contributed by atoms with Crippen LogP contribution in [0.1, 0.15) is 17.3 Å². The van der Waals surface area contributed by atoms with Crippen LogP contribution in [0, 0.1) is 17.5 Å². The van der Waals surface area contributed by atoms with Gasteiger partial charge in [0.25, 0.3) is 5.91 Å². The lowest BCUT2D eigenvalue weighted by molar-refractivity contribution is -0.290. The van der Waals surface area contributed by atoms with Gasteiger partial charge in [-0.1, -0.05) is 0 Å². The summed E-state index contributed by atoms with van der Waals surface area (Å²) in [4.78, 5) is 42.9. The number of rotatable bonds is 5. The van der Waals surface area contributed by atoms with E-state index in [0.29, 0.717) is 17.7 Å². The first-order chi connectivity index (χ1) is 17.6. The molecule has 0 radical (unpaired) electrons. The van der Waals surface area contributed by atoms with Gasteiger partial charge in [-0.25, -0.2) is 22.9 Å². The van der Waals surface area contributed by atoms with Gasteiger partial charge in [-0.15, -0.1) is 0 Å². The van der Waals surface area contributed by atoms with Gasteiger partial charge in [0.2, 0.25) is 5.43 Å². The zero-order valence-electron chi connectivity index (χ0n) is 19.0. The molecule has 2 aromatic heterocycles. The molecule has 0 bridgehead atoms. The molecular weight excluding hydrogens is 534 g/mol. The second-order valence-corrected chi connectivity index (χ2v) is 8.20. The Kier molecular flexibility index (Phi) is 6.53. The highest BCUT2D eigenvalue weighted by Gasteiger charge is 2.61. The van der Waals surface area contributed by atoms with Crippen LogP contribution in [0.4, 0.5) is 45.7 Å². The average Bonchev–Trinajstić information content (AvgIpc) is 3.24. The summed E-state index contributed by atoms with van der Waals surface area (Å²) in [5.41, 5.74) is -3.88. The number of carbonyl (C=O) groups is 2. The number of fused-ring (bicyclic) bond motifs is 1. The Balaban J connectivity index is 1.93. The molecule has 16 heteroatoms.